The van der Waals surface area contributed by atoms with E-state index < -0.39 is 217 Å². The number of aromatic amines is 2. The van der Waals surface area contributed by atoms with Crippen LogP contribution in [0.3, 0.4) is 0 Å². The molecule has 0 spiro atoms. The van der Waals surface area contributed by atoms with Crippen LogP contribution in [-0.2, 0) is 94.3 Å². The minimum absolute atomic E-state index is 0.00992. The monoisotopic (exact) mass is 1700 g/mol. The average molecular weight is 1710 g/mol. The first-order valence-corrected chi connectivity index (χ1v) is 40.8. The lowest BCUT2D eigenvalue weighted by Gasteiger charge is -2.30. The molecule has 1 fully saturated rings. The summed E-state index contributed by atoms with van der Waals surface area (Å²) in [5.41, 5.74) is 24.4. The molecule has 672 valence electrons. The molecule has 14 amide bonds. The highest BCUT2D eigenvalue weighted by atomic mass is 16.4. The van der Waals surface area contributed by atoms with Gasteiger partial charge in [-0.25, -0.2) is 9.78 Å². The number of carboxylic acids is 3. The Hall–Kier alpha value is -11.9. The van der Waals surface area contributed by atoms with Gasteiger partial charge < -0.3 is 128 Å². The molecule has 0 saturated carbocycles. The number of hydrogen-bond donors (Lipinski definition) is 24. The number of aliphatic hydroxyl groups is 1. The molecule has 1 saturated heterocycles. The second-order valence-corrected chi connectivity index (χ2v) is 30.9. The van der Waals surface area contributed by atoms with E-state index in [4.69, 9.17) is 22.9 Å². The summed E-state index contributed by atoms with van der Waals surface area (Å²) in [6.45, 7) is 10.4. The number of fused-ring (bicyclic) bond motifs is 1. The molecular formula is C78H124N22O21. The summed E-state index contributed by atoms with van der Waals surface area (Å²) in [7, 11) is 0. The molecule has 2 aromatic heterocycles. The van der Waals surface area contributed by atoms with Gasteiger partial charge in [0.2, 0.25) is 82.7 Å². The molecule has 0 unspecified atom stereocenters. The molecule has 43 nitrogen and oxygen atoms in total. The molecule has 4 rings (SSSR count). The van der Waals surface area contributed by atoms with Gasteiger partial charge in [0.1, 0.15) is 78.5 Å². The Kier molecular flexibility index (Phi) is 44.4. The first-order chi connectivity index (χ1) is 57.4. The third kappa shape index (κ3) is 36.7. The van der Waals surface area contributed by atoms with Gasteiger partial charge in [-0.05, 0) is 139 Å². The lowest BCUT2D eigenvalue weighted by atomic mass is 9.96. The number of carbonyl (C=O) groups excluding carboxylic acids is 14. The van der Waals surface area contributed by atoms with Crippen molar-refractivity contribution in [2.24, 2.45) is 45.7 Å². The lowest BCUT2D eigenvalue weighted by molar-refractivity contribution is -0.144. The predicted molar refractivity (Wildman–Crippen MR) is 439 cm³/mol. The Morgan fingerprint density at radius 3 is 1.68 bits per heavy atom. The number of nitrogens with two attached hydrogens (primary N) is 4. The maximum atomic E-state index is 15.5. The van der Waals surface area contributed by atoms with Crippen LogP contribution >= 0.6 is 0 Å². The fraction of sp³-hybridized carbons (Fsp3) is 0.628. The highest BCUT2D eigenvalue weighted by Crippen LogP contribution is 2.22. The number of carboxylic acid groups (broad SMARTS) is 3. The molecule has 0 radical (unpaired) electrons. The number of aliphatic hydroxyl groups excluding tert-OH is 1. The van der Waals surface area contributed by atoms with Crippen molar-refractivity contribution in [3.63, 3.8) is 0 Å². The molecule has 3 heterocycles. The van der Waals surface area contributed by atoms with Crippen molar-refractivity contribution in [2.45, 2.75) is 262 Å². The summed E-state index contributed by atoms with van der Waals surface area (Å²) in [6.07, 6.45) is 1.63. The predicted octanol–water partition coefficient (Wildman–Crippen LogP) is -4.05. The van der Waals surface area contributed by atoms with Gasteiger partial charge in [-0.2, -0.15) is 0 Å². The van der Waals surface area contributed by atoms with E-state index in [1.54, 1.807) is 72.0 Å². The van der Waals surface area contributed by atoms with Gasteiger partial charge in [0.15, 0.2) is 5.96 Å². The quantitative estimate of drug-likeness (QED) is 0.0145. The van der Waals surface area contributed by atoms with Gasteiger partial charge >= 0.3 is 17.9 Å². The van der Waals surface area contributed by atoms with E-state index in [0.717, 1.165) is 6.92 Å². The van der Waals surface area contributed by atoms with Crippen molar-refractivity contribution in [2.75, 3.05) is 32.8 Å². The molecule has 43 heteroatoms. The van der Waals surface area contributed by atoms with Crippen LogP contribution in [-0.4, -0.2) is 253 Å². The second-order valence-electron chi connectivity index (χ2n) is 30.9. The fourth-order valence-corrected chi connectivity index (χ4v) is 13.2. The number of aliphatic imine (C=N–C) groups is 1. The van der Waals surface area contributed by atoms with Crippen LogP contribution in [0.15, 0.2) is 48.0 Å². The zero-order valence-corrected chi connectivity index (χ0v) is 69.6. The number of guanidine groups is 1. The maximum Gasteiger partial charge on any atom is 0.328 e. The van der Waals surface area contributed by atoms with E-state index in [0.29, 0.717) is 41.4 Å². The number of carbonyl (C=O) groups is 17. The van der Waals surface area contributed by atoms with Gasteiger partial charge in [-0.15, -0.1) is 0 Å². The van der Waals surface area contributed by atoms with Gasteiger partial charge in [0, 0.05) is 74.7 Å². The number of nitrogens with one attached hydrogen (secondary N) is 16. The highest BCUT2D eigenvalue weighted by Gasteiger charge is 2.40. The van der Waals surface area contributed by atoms with Gasteiger partial charge in [0.25, 0.3) is 0 Å². The molecule has 0 aliphatic carbocycles. The topological polar surface area (TPSA) is 700 Å². The highest BCUT2D eigenvalue weighted by molar-refractivity contribution is 6.01. The van der Waals surface area contributed by atoms with Crippen LogP contribution in [0.4, 0.5) is 0 Å². The third-order valence-corrected chi connectivity index (χ3v) is 19.9. The summed E-state index contributed by atoms with van der Waals surface area (Å²) in [5.74, 6) is -19.4. The molecule has 28 N–H and O–H groups in total. The van der Waals surface area contributed by atoms with Gasteiger partial charge in [-0.3, -0.25) is 81.7 Å². The summed E-state index contributed by atoms with van der Waals surface area (Å²) < 4.78 is 0. The molecule has 0 bridgehead atoms. The number of benzene rings is 1. The first-order valence-electron chi connectivity index (χ1n) is 40.8. The fourth-order valence-electron chi connectivity index (χ4n) is 13.2. The number of para-hydroxylation sites is 1. The smallest absolute Gasteiger partial charge is 0.328 e. The van der Waals surface area contributed by atoms with Crippen LogP contribution in [0.25, 0.3) is 10.9 Å². The Morgan fingerprint density at radius 1 is 0.579 bits per heavy atom. The Morgan fingerprint density at radius 2 is 1.12 bits per heavy atom. The van der Waals surface area contributed by atoms with Crippen LogP contribution in [0, 0.1) is 17.8 Å². The van der Waals surface area contributed by atoms with Crippen LogP contribution in [0.5, 0.6) is 0 Å². The minimum Gasteiger partial charge on any atom is -0.481 e. The largest absolute Gasteiger partial charge is 0.481 e. The molecule has 3 aromatic rings. The molecule has 1 aromatic carbocycles. The van der Waals surface area contributed by atoms with Crippen LogP contribution < -0.4 is 97.4 Å². The number of rotatable bonds is 46. The van der Waals surface area contributed by atoms with Crippen molar-refractivity contribution in [1.29, 1.82) is 0 Å². The van der Waals surface area contributed by atoms with Crippen LogP contribution in [0.2, 0.25) is 0 Å². The molecule has 14 atom stereocenters. The van der Waals surface area contributed by atoms with Crippen molar-refractivity contribution in [3.05, 3.63) is 54.2 Å². The van der Waals surface area contributed by atoms with E-state index in [1.807, 2.05) is 5.32 Å². The molecule has 121 heavy (non-hydrogen) atoms. The number of amides is 14. The number of aliphatic carboxylic acids is 3. The van der Waals surface area contributed by atoms with Crippen LogP contribution in [0.1, 0.15) is 182 Å². The van der Waals surface area contributed by atoms with Crippen molar-refractivity contribution < 1.29 is 102 Å². The number of nitrogens with zero attached hydrogens (tertiary/aromatic N) is 2. The maximum absolute atomic E-state index is 15.5. The molecular weight excluding hydrogens is 1580 g/mol. The standard InChI is InChI=1S/C78H124N22O21/c1-8-43(6)64(100-70(113)51(21-12-15-29-80)92-74(117)58(35-46-38-83-40-87-46)96-65(108)49(20-11-14-28-79)89-68(111)53(88-44(7)102)25-27-62(104)105)76(119)98-57(34-45-37-86-48-19-10-9-18-47(45)48)73(116)93-54-24-26-61(103)84-30-16-13-22-50(66(109)97-59(36-63(106)107)75(118)99-60(39-101)77(120)121)91-71(114)55(32-41(2)3)95-72(115)56(33-42(4)5)94-67(110)52(90-69(54)112)23-17-31-85-78(81)82/h9-10,18-19,37-38,40-43,49-60,64,86,101H,8,11-17,20-36,39,79-80H2,1-7H3,(H,83,87)(H,84,103)(H,88,102)(H,89,111)(H,90,112)(H,91,114)(H,92,117)(H,93,116)(H,94,110)(H,95,115)(H,96,108)(H,97,109)(H,98,119)(H,99,118)(H,100,113)(H,104,105)(H,106,107)(H,120,121)(H4,81,82,85)/t43-,49-,50-,51-,52-,53-,54-,55-,56-,57-,58-,59-,60-,64-/m0/s1. The zero-order chi connectivity index (χ0) is 90.0. The first kappa shape index (κ1) is 101. The van der Waals surface area contributed by atoms with E-state index in [9.17, 15) is 82.8 Å². The molecule has 1 aliphatic heterocycles. The zero-order valence-electron chi connectivity index (χ0n) is 69.6. The summed E-state index contributed by atoms with van der Waals surface area (Å²) in [4.78, 5) is 251. The van der Waals surface area contributed by atoms with Crippen molar-refractivity contribution >= 4 is 117 Å². The van der Waals surface area contributed by atoms with Crippen molar-refractivity contribution in [3.8, 4) is 0 Å². The SMILES string of the molecule is CC[C@H](C)[C@H](NC(=O)[C@H](CCCCN)NC(=O)[C@H](Cc1cnc[nH]1)NC(=O)[C@H](CCCCN)NC(=O)[C@H](CCC(=O)O)NC(C)=O)C(=O)N[C@@H](Cc1c[nH]c2ccccc12)C(=O)N[C@H]1CCC(=O)NCCCC[C@@H](C(=O)N[C@@H](CC(=O)O)C(=O)N[C@@H](CO)C(=O)O)NC(=O)[C@H](CC(C)C)NC(=O)[C@H](CC(C)C)NC(=O)[C@H](CCCN=C(N)N)NC1=O. The summed E-state index contributed by atoms with van der Waals surface area (Å²) in [6, 6.07) is -13.5. The average Bonchev–Trinajstić information content (AvgIpc) is 1.69. The number of imidazole rings is 1. The number of H-pyrrole nitrogens is 2. The summed E-state index contributed by atoms with van der Waals surface area (Å²) >= 11 is 0. The summed E-state index contributed by atoms with van der Waals surface area (Å²) in [5, 5.41) is 75.1. The second kappa shape index (κ2) is 52.9. The Bertz CT molecular complexity index is 4000. The number of unbranched alkanes of at least 4 members (excludes halogenated alkanes) is 2. The number of aromatic nitrogens is 3. The van der Waals surface area contributed by atoms with Crippen molar-refractivity contribution in [1.82, 2.24) is 89.4 Å². The van der Waals surface area contributed by atoms with E-state index in [-0.39, 0.29) is 134 Å². The van der Waals surface area contributed by atoms with E-state index in [1.165, 1.54) is 12.5 Å². The van der Waals surface area contributed by atoms with Gasteiger partial charge in [0.05, 0.1) is 19.4 Å². The number of hydrogen-bond acceptors (Lipinski definition) is 22. The molecule has 1 aliphatic rings. The normalized spacial score (nSPS) is 18.7. The van der Waals surface area contributed by atoms with Gasteiger partial charge in [-0.1, -0.05) is 66.2 Å². The van der Waals surface area contributed by atoms with E-state index in [2.05, 4.69) is 89.1 Å². The van der Waals surface area contributed by atoms with E-state index >= 15 is 19.2 Å². The Balaban J connectivity index is 1.82. The Labute approximate surface area is 700 Å². The third-order valence-electron chi connectivity index (χ3n) is 19.9. The lowest BCUT2D eigenvalue weighted by Crippen LogP contribution is -2.62. The minimum atomic E-state index is -1.96.